The molecular formula is C10H10ClN3O. The molecule has 1 amide bonds. The smallest absolute Gasteiger partial charge is 0.272 e. The highest BCUT2D eigenvalue weighted by atomic mass is 35.5. The van der Waals surface area contributed by atoms with Gasteiger partial charge >= 0.3 is 0 Å². The van der Waals surface area contributed by atoms with Gasteiger partial charge in [0.25, 0.3) is 5.91 Å². The Morgan fingerprint density at radius 2 is 2.40 bits per heavy atom. The number of halogens is 1. The maximum absolute atomic E-state index is 11.5. The predicted molar refractivity (Wildman–Crippen MR) is 57.4 cm³/mol. The van der Waals surface area contributed by atoms with E-state index in [2.05, 4.69) is 21.4 Å². The Morgan fingerprint density at radius 1 is 1.67 bits per heavy atom. The minimum atomic E-state index is -0.344. The average Bonchev–Trinajstić information content (AvgIpc) is 2.26. The Bertz CT molecular complexity index is 383. The first-order valence-electron chi connectivity index (χ1n) is 4.43. The molecular weight excluding hydrogens is 214 g/mol. The molecule has 1 rings (SSSR count). The van der Waals surface area contributed by atoms with Crippen LogP contribution in [0.2, 0.25) is 5.15 Å². The van der Waals surface area contributed by atoms with Crippen molar-refractivity contribution in [2.45, 2.75) is 19.4 Å². The van der Waals surface area contributed by atoms with E-state index in [4.69, 9.17) is 18.0 Å². The molecule has 0 bridgehead atoms. The van der Waals surface area contributed by atoms with Crippen LogP contribution in [-0.2, 0) is 0 Å². The topological polar surface area (TPSA) is 54.9 Å². The molecule has 0 saturated carbocycles. The molecule has 0 spiro atoms. The van der Waals surface area contributed by atoms with Crippen molar-refractivity contribution in [2.24, 2.45) is 0 Å². The fourth-order valence-corrected chi connectivity index (χ4v) is 1.03. The second kappa shape index (κ2) is 5.32. The number of aromatic nitrogens is 2. The first-order valence-corrected chi connectivity index (χ1v) is 4.81. The Labute approximate surface area is 93.0 Å². The van der Waals surface area contributed by atoms with E-state index >= 15 is 0 Å². The first-order chi connectivity index (χ1) is 7.17. The Balaban J connectivity index is 2.70. The van der Waals surface area contributed by atoms with Gasteiger partial charge in [-0.1, -0.05) is 24.4 Å². The van der Waals surface area contributed by atoms with Crippen molar-refractivity contribution < 1.29 is 4.79 Å². The van der Waals surface area contributed by atoms with Crippen LogP contribution in [0.3, 0.4) is 0 Å². The van der Waals surface area contributed by atoms with E-state index in [1.165, 1.54) is 12.1 Å². The van der Waals surface area contributed by atoms with Crippen LogP contribution in [0.4, 0.5) is 0 Å². The molecule has 4 nitrogen and oxygen atoms in total. The third-order valence-corrected chi connectivity index (χ3v) is 1.98. The minimum absolute atomic E-state index is 0.202. The summed E-state index contributed by atoms with van der Waals surface area (Å²) in [7, 11) is 0. The highest BCUT2D eigenvalue weighted by Crippen LogP contribution is 2.02. The maximum atomic E-state index is 11.5. The van der Waals surface area contributed by atoms with Gasteiger partial charge in [-0.25, -0.2) is 0 Å². The van der Waals surface area contributed by atoms with Crippen molar-refractivity contribution in [1.29, 1.82) is 0 Å². The maximum Gasteiger partial charge on any atom is 0.272 e. The van der Waals surface area contributed by atoms with Crippen molar-refractivity contribution in [2.75, 3.05) is 0 Å². The molecule has 1 aromatic heterocycles. The Morgan fingerprint density at radius 3 is 2.87 bits per heavy atom. The fourth-order valence-electron chi connectivity index (χ4n) is 0.931. The molecule has 0 fully saturated rings. The zero-order valence-corrected chi connectivity index (χ0v) is 8.95. The van der Waals surface area contributed by atoms with Crippen LogP contribution in [0.1, 0.15) is 23.8 Å². The molecule has 0 saturated heterocycles. The van der Waals surface area contributed by atoms with Crippen molar-refractivity contribution >= 4 is 17.5 Å². The summed E-state index contributed by atoms with van der Waals surface area (Å²) in [6.45, 7) is 1.89. The lowest BCUT2D eigenvalue weighted by Gasteiger charge is -2.09. The molecule has 1 aromatic rings. The number of terminal acetylenes is 1. The standard InChI is InChI=1S/C10H10ClN3O/c1-3-7(4-2)12-10(15)8-5-6-9(11)14-13-8/h1,5-7H,4H2,2H3,(H,12,15). The molecule has 1 N–H and O–H groups in total. The zero-order chi connectivity index (χ0) is 11.3. The third kappa shape index (κ3) is 3.22. The Kier molecular flexibility index (Phi) is 4.07. The van der Waals surface area contributed by atoms with Gasteiger partial charge in [-0.3, -0.25) is 4.79 Å². The number of nitrogens with one attached hydrogen (secondary N) is 1. The van der Waals surface area contributed by atoms with E-state index in [1.54, 1.807) is 0 Å². The quantitative estimate of drug-likeness (QED) is 0.786. The Hall–Kier alpha value is -1.60. The molecule has 0 radical (unpaired) electrons. The van der Waals surface area contributed by atoms with Crippen molar-refractivity contribution in [3.05, 3.63) is 23.0 Å². The molecule has 1 unspecified atom stereocenters. The fraction of sp³-hybridized carbons (Fsp3) is 0.300. The number of amides is 1. The summed E-state index contributed by atoms with van der Waals surface area (Å²) in [5.74, 6) is 2.11. The van der Waals surface area contributed by atoms with Crippen LogP contribution >= 0.6 is 11.6 Å². The van der Waals surface area contributed by atoms with Gasteiger partial charge in [0, 0.05) is 0 Å². The summed E-state index contributed by atoms with van der Waals surface area (Å²) in [6.07, 6.45) is 5.88. The van der Waals surface area contributed by atoms with Crippen LogP contribution in [0.5, 0.6) is 0 Å². The van der Waals surface area contributed by atoms with Gasteiger partial charge in [0.1, 0.15) is 0 Å². The molecule has 0 aliphatic heterocycles. The lowest BCUT2D eigenvalue weighted by atomic mass is 10.2. The predicted octanol–water partition coefficient (Wildman–Crippen LogP) is 1.27. The summed E-state index contributed by atoms with van der Waals surface area (Å²) in [6, 6.07) is 2.71. The number of rotatable bonds is 3. The molecule has 0 aromatic carbocycles. The van der Waals surface area contributed by atoms with E-state index in [0.717, 1.165) is 0 Å². The lowest BCUT2D eigenvalue weighted by molar-refractivity contribution is 0.0939. The number of carbonyl (C=O) groups excluding carboxylic acids is 1. The summed E-state index contributed by atoms with van der Waals surface area (Å²) in [5.41, 5.74) is 0.202. The highest BCUT2D eigenvalue weighted by molar-refractivity contribution is 6.29. The van der Waals surface area contributed by atoms with E-state index < -0.39 is 0 Å². The molecule has 0 aliphatic rings. The molecule has 1 heterocycles. The number of hydrogen-bond donors (Lipinski definition) is 1. The van der Waals surface area contributed by atoms with Crippen LogP contribution in [0.25, 0.3) is 0 Å². The van der Waals surface area contributed by atoms with Crippen LogP contribution in [0, 0.1) is 12.3 Å². The molecule has 78 valence electrons. The normalized spacial score (nSPS) is 11.5. The van der Waals surface area contributed by atoms with Crippen molar-refractivity contribution in [3.63, 3.8) is 0 Å². The van der Waals surface area contributed by atoms with E-state index in [0.29, 0.717) is 6.42 Å². The summed E-state index contributed by atoms with van der Waals surface area (Å²) in [5, 5.41) is 10.1. The second-order valence-electron chi connectivity index (χ2n) is 2.84. The molecule has 0 aliphatic carbocycles. The van der Waals surface area contributed by atoms with Gasteiger partial charge in [0.2, 0.25) is 0 Å². The summed E-state index contributed by atoms with van der Waals surface area (Å²) >= 11 is 5.54. The lowest BCUT2D eigenvalue weighted by Crippen LogP contribution is -2.33. The van der Waals surface area contributed by atoms with Gasteiger partial charge < -0.3 is 5.32 Å². The van der Waals surface area contributed by atoms with Crippen LogP contribution in [-0.4, -0.2) is 22.1 Å². The van der Waals surface area contributed by atoms with Crippen molar-refractivity contribution in [1.82, 2.24) is 15.5 Å². The van der Waals surface area contributed by atoms with Crippen LogP contribution in [0.15, 0.2) is 12.1 Å². The van der Waals surface area contributed by atoms with Gasteiger partial charge in [-0.2, -0.15) is 0 Å². The summed E-state index contributed by atoms with van der Waals surface area (Å²) in [4.78, 5) is 11.5. The van der Waals surface area contributed by atoms with Gasteiger partial charge in [0.05, 0.1) is 6.04 Å². The monoisotopic (exact) mass is 223 g/mol. The molecule has 5 heteroatoms. The van der Waals surface area contributed by atoms with Gasteiger partial charge in [-0.05, 0) is 18.6 Å². The summed E-state index contributed by atoms with van der Waals surface area (Å²) < 4.78 is 0. The minimum Gasteiger partial charge on any atom is -0.337 e. The SMILES string of the molecule is C#CC(CC)NC(=O)c1ccc(Cl)nn1. The number of nitrogens with zero attached hydrogens (tertiary/aromatic N) is 2. The zero-order valence-electron chi connectivity index (χ0n) is 8.20. The number of carbonyl (C=O) groups is 1. The second-order valence-corrected chi connectivity index (χ2v) is 3.23. The largest absolute Gasteiger partial charge is 0.337 e. The van der Waals surface area contributed by atoms with Crippen LogP contribution < -0.4 is 5.32 Å². The van der Waals surface area contributed by atoms with E-state index in [-0.39, 0.29) is 22.8 Å². The molecule has 1 atom stereocenters. The highest BCUT2D eigenvalue weighted by Gasteiger charge is 2.11. The van der Waals surface area contributed by atoms with Gasteiger partial charge in [0.15, 0.2) is 10.8 Å². The van der Waals surface area contributed by atoms with E-state index in [9.17, 15) is 4.79 Å². The van der Waals surface area contributed by atoms with Gasteiger partial charge in [-0.15, -0.1) is 16.6 Å². The average molecular weight is 224 g/mol. The molecule has 15 heavy (non-hydrogen) atoms. The van der Waals surface area contributed by atoms with Crippen molar-refractivity contribution in [3.8, 4) is 12.3 Å². The first kappa shape index (κ1) is 11.5. The number of hydrogen-bond acceptors (Lipinski definition) is 3. The van der Waals surface area contributed by atoms with E-state index in [1.807, 2.05) is 6.92 Å². The third-order valence-electron chi connectivity index (χ3n) is 1.78.